The second-order valence-corrected chi connectivity index (χ2v) is 6.92. The van der Waals surface area contributed by atoms with Crippen molar-refractivity contribution in [3.05, 3.63) is 28.7 Å². The molecule has 5 heteroatoms. The third kappa shape index (κ3) is 2.90. The highest BCUT2D eigenvalue weighted by Gasteiger charge is 2.43. The molecule has 1 aromatic carbocycles. The number of rotatable bonds is 2. The molecule has 0 bridgehead atoms. The van der Waals surface area contributed by atoms with Gasteiger partial charge in [0.05, 0.1) is 18.2 Å². The Kier molecular flexibility index (Phi) is 4.13. The maximum absolute atomic E-state index is 12.7. The average Bonchev–Trinajstić information content (AvgIpc) is 2.75. The van der Waals surface area contributed by atoms with Crippen LogP contribution in [0.25, 0.3) is 0 Å². The fourth-order valence-electron chi connectivity index (χ4n) is 3.27. The molecule has 3 rings (SSSR count). The minimum absolute atomic E-state index is 0.0728. The number of nitrogens with zero attached hydrogens (tertiary/aromatic N) is 2. The molecule has 0 unspecified atom stereocenters. The van der Waals surface area contributed by atoms with Crippen molar-refractivity contribution in [2.75, 3.05) is 18.0 Å². The number of hydrogen-bond donors (Lipinski definition) is 0. The summed E-state index contributed by atoms with van der Waals surface area (Å²) in [4.78, 5) is 28.5. The molecule has 1 aromatic rings. The summed E-state index contributed by atoms with van der Waals surface area (Å²) in [6, 6.07) is 7.05. The molecule has 0 saturated carbocycles. The standard InChI is InChI=1S/C16H19BrN2O2/c1-11-3-2-8-18(10-11)14-9-15(20)19(16(14)21)13-6-4-12(17)5-7-13/h4-7,11,14H,2-3,8-10H2,1H3/t11-,14+/m0/s1. The van der Waals surface area contributed by atoms with Gasteiger partial charge in [0.1, 0.15) is 0 Å². The number of halogens is 1. The van der Waals surface area contributed by atoms with Crippen LogP contribution in [-0.4, -0.2) is 35.8 Å². The lowest BCUT2D eigenvalue weighted by atomic mass is 9.98. The molecule has 2 heterocycles. The van der Waals surface area contributed by atoms with E-state index in [1.165, 1.54) is 11.3 Å². The number of imide groups is 1. The Hall–Kier alpha value is -1.20. The second kappa shape index (κ2) is 5.89. The number of carbonyl (C=O) groups excluding carboxylic acids is 2. The molecular formula is C16H19BrN2O2. The van der Waals surface area contributed by atoms with Crippen molar-refractivity contribution in [3.8, 4) is 0 Å². The van der Waals surface area contributed by atoms with Crippen molar-refractivity contribution in [2.45, 2.75) is 32.2 Å². The van der Waals surface area contributed by atoms with Gasteiger partial charge >= 0.3 is 0 Å². The van der Waals surface area contributed by atoms with Gasteiger partial charge in [-0.25, -0.2) is 4.90 Å². The second-order valence-electron chi connectivity index (χ2n) is 6.01. The number of anilines is 1. The topological polar surface area (TPSA) is 40.6 Å². The molecule has 112 valence electrons. The van der Waals surface area contributed by atoms with Crippen LogP contribution in [0.3, 0.4) is 0 Å². The van der Waals surface area contributed by atoms with Crippen LogP contribution in [0.15, 0.2) is 28.7 Å². The van der Waals surface area contributed by atoms with Crippen molar-refractivity contribution < 1.29 is 9.59 Å². The number of likely N-dealkylation sites (tertiary alicyclic amines) is 1. The summed E-state index contributed by atoms with van der Waals surface area (Å²) < 4.78 is 0.937. The van der Waals surface area contributed by atoms with Gasteiger partial charge in [-0.2, -0.15) is 0 Å². The van der Waals surface area contributed by atoms with Gasteiger partial charge in [0.15, 0.2) is 0 Å². The van der Waals surface area contributed by atoms with Crippen molar-refractivity contribution in [2.24, 2.45) is 5.92 Å². The lowest BCUT2D eigenvalue weighted by Gasteiger charge is -2.34. The number of benzene rings is 1. The van der Waals surface area contributed by atoms with E-state index < -0.39 is 0 Å². The average molecular weight is 351 g/mol. The maximum Gasteiger partial charge on any atom is 0.251 e. The lowest BCUT2D eigenvalue weighted by molar-refractivity contribution is -0.123. The fraction of sp³-hybridized carbons (Fsp3) is 0.500. The Balaban J connectivity index is 1.80. The van der Waals surface area contributed by atoms with E-state index in [0.29, 0.717) is 18.0 Å². The maximum atomic E-state index is 12.7. The highest BCUT2D eigenvalue weighted by molar-refractivity contribution is 9.10. The Morgan fingerprint density at radius 1 is 1.19 bits per heavy atom. The van der Waals surface area contributed by atoms with E-state index in [1.807, 2.05) is 12.1 Å². The first kappa shape index (κ1) is 14.7. The summed E-state index contributed by atoms with van der Waals surface area (Å²) in [6.45, 7) is 4.04. The Labute approximate surface area is 133 Å². The zero-order valence-electron chi connectivity index (χ0n) is 12.1. The van der Waals surface area contributed by atoms with Crippen LogP contribution in [0.4, 0.5) is 5.69 Å². The first-order valence-corrected chi connectivity index (χ1v) is 8.22. The highest BCUT2D eigenvalue weighted by atomic mass is 79.9. The smallest absolute Gasteiger partial charge is 0.251 e. The number of piperidine rings is 1. The van der Waals surface area contributed by atoms with Crippen LogP contribution >= 0.6 is 15.9 Å². The van der Waals surface area contributed by atoms with E-state index in [9.17, 15) is 9.59 Å². The fourth-order valence-corrected chi connectivity index (χ4v) is 3.54. The number of carbonyl (C=O) groups is 2. The van der Waals surface area contributed by atoms with E-state index >= 15 is 0 Å². The summed E-state index contributed by atoms with van der Waals surface area (Å²) in [5.74, 6) is 0.436. The quantitative estimate of drug-likeness (QED) is 0.770. The van der Waals surface area contributed by atoms with E-state index in [1.54, 1.807) is 12.1 Å². The molecule has 2 aliphatic heterocycles. The van der Waals surface area contributed by atoms with E-state index in [0.717, 1.165) is 24.0 Å². The Bertz CT molecular complexity index is 558. The van der Waals surface area contributed by atoms with Crippen LogP contribution in [0.5, 0.6) is 0 Å². The molecule has 0 aliphatic carbocycles. The van der Waals surface area contributed by atoms with Crippen LogP contribution in [0, 0.1) is 5.92 Å². The molecule has 0 N–H and O–H groups in total. The SMILES string of the molecule is C[C@H]1CCCN([C@@H]2CC(=O)N(c3ccc(Br)cc3)C2=O)C1. The zero-order chi connectivity index (χ0) is 15.0. The first-order valence-electron chi connectivity index (χ1n) is 7.42. The number of hydrogen-bond acceptors (Lipinski definition) is 3. The molecule has 0 spiro atoms. The molecule has 2 atom stereocenters. The molecule has 0 aromatic heterocycles. The van der Waals surface area contributed by atoms with E-state index in [-0.39, 0.29) is 17.9 Å². The van der Waals surface area contributed by atoms with Gasteiger partial charge in [-0.3, -0.25) is 14.5 Å². The molecule has 4 nitrogen and oxygen atoms in total. The summed E-state index contributed by atoms with van der Waals surface area (Å²) in [6.07, 6.45) is 2.63. The third-order valence-corrected chi connectivity index (χ3v) is 4.87. The third-order valence-electron chi connectivity index (χ3n) is 4.34. The Morgan fingerprint density at radius 3 is 2.57 bits per heavy atom. The molecule has 2 amide bonds. The minimum Gasteiger partial charge on any atom is -0.291 e. The van der Waals surface area contributed by atoms with Crippen LogP contribution in [0.1, 0.15) is 26.2 Å². The summed E-state index contributed by atoms with van der Waals surface area (Å²) in [5.41, 5.74) is 0.667. The summed E-state index contributed by atoms with van der Waals surface area (Å²) >= 11 is 3.37. The lowest BCUT2D eigenvalue weighted by Crippen LogP contribution is -2.46. The highest BCUT2D eigenvalue weighted by Crippen LogP contribution is 2.29. The van der Waals surface area contributed by atoms with Crippen molar-refractivity contribution in [3.63, 3.8) is 0 Å². The molecule has 2 fully saturated rings. The molecule has 21 heavy (non-hydrogen) atoms. The molecule has 2 saturated heterocycles. The first-order chi connectivity index (χ1) is 10.1. The van der Waals surface area contributed by atoms with E-state index in [4.69, 9.17) is 0 Å². The van der Waals surface area contributed by atoms with Crippen molar-refractivity contribution >= 4 is 33.4 Å². The Morgan fingerprint density at radius 2 is 1.90 bits per heavy atom. The summed E-state index contributed by atoms with van der Waals surface area (Å²) in [7, 11) is 0. The van der Waals surface area contributed by atoms with E-state index in [2.05, 4.69) is 27.8 Å². The minimum atomic E-state index is -0.274. The van der Waals surface area contributed by atoms with Gasteiger partial charge in [-0.1, -0.05) is 22.9 Å². The monoisotopic (exact) mass is 350 g/mol. The molecule has 2 aliphatic rings. The number of amides is 2. The molecule has 0 radical (unpaired) electrons. The van der Waals surface area contributed by atoms with Gasteiger partial charge in [0.25, 0.3) is 5.91 Å². The van der Waals surface area contributed by atoms with Crippen LogP contribution < -0.4 is 4.90 Å². The normalized spacial score (nSPS) is 27.4. The van der Waals surface area contributed by atoms with Crippen LogP contribution in [-0.2, 0) is 9.59 Å². The van der Waals surface area contributed by atoms with Gasteiger partial charge in [0, 0.05) is 11.0 Å². The predicted molar refractivity (Wildman–Crippen MR) is 85.0 cm³/mol. The zero-order valence-corrected chi connectivity index (χ0v) is 13.7. The van der Waals surface area contributed by atoms with Crippen LogP contribution in [0.2, 0.25) is 0 Å². The van der Waals surface area contributed by atoms with Gasteiger partial charge in [-0.05, 0) is 49.6 Å². The van der Waals surface area contributed by atoms with Gasteiger partial charge < -0.3 is 0 Å². The predicted octanol–water partition coefficient (Wildman–Crippen LogP) is 2.81. The van der Waals surface area contributed by atoms with Crippen molar-refractivity contribution in [1.82, 2.24) is 4.90 Å². The van der Waals surface area contributed by atoms with Gasteiger partial charge in [-0.15, -0.1) is 0 Å². The molecular weight excluding hydrogens is 332 g/mol. The largest absolute Gasteiger partial charge is 0.291 e. The summed E-state index contributed by atoms with van der Waals surface area (Å²) in [5, 5.41) is 0. The van der Waals surface area contributed by atoms with Gasteiger partial charge in [0.2, 0.25) is 5.91 Å². The van der Waals surface area contributed by atoms with Crippen molar-refractivity contribution in [1.29, 1.82) is 0 Å².